The summed E-state index contributed by atoms with van der Waals surface area (Å²) in [6, 6.07) is 0. The van der Waals surface area contributed by atoms with Crippen molar-refractivity contribution >= 4 is 0 Å². The Morgan fingerprint density at radius 1 is 0.512 bits per heavy atom. The molecule has 456 valence electrons. The fraction of sp³-hybridized carbons (Fsp3) is 0.778. The van der Waals surface area contributed by atoms with Crippen LogP contribution in [0.15, 0.2) is 106 Å². The Balaban J connectivity index is 0.000000138. The van der Waals surface area contributed by atoms with E-state index in [4.69, 9.17) is 0 Å². The van der Waals surface area contributed by atoms with Crippen molar-refractivity contribution in [2.75, 3.05) is 0 Å². The van der Waals surface area contributed by atoms with Gasteiger partial charge in [0.1, 0.15) is 0 Å². The average Bonchev–Trinajstić information content (AvgIpc) is 4.29. The molecule has 0 aliphatic heterocycles. The molecule has 12 rings (SSSR count). The van der Waals surface area contributed by atoms with Crippen LogP contribution in [-0.4, -0.2) is 11.2 Å². The molecule has 1 heteroatoms. The Morgan fingerprint density at radius 3 is 1.82 bits per heavy atom. The first-order valence-corrected chi connectivity index (χ1v) is 35.9. The normalized spacial score (nSPS) is 42.0. The van der Waals surface area contributed by atoms with Crippen LogP contribution >= 0.6 is 0 Å². The maximum absolute atomic E-state index is 10.2. The summed E-state index contributed by atoms with van der Waals surface area (Å²) in [4.78, 5) is 0. The number of hydrogen-bond donors (Lipinski definition) is 1. The molecule has 0 heterocycles. The Bertz CT molecular complexity index is 2530. The molecule has 12 aliphatic rings. The lowest BCUT2D eigenvalue weighted by molar-refractivity contribution is -0.0573. The Morgan fingerprint density at radius 2 is 1.13 bits per heavy atom. The van der Waals surface area contributed by atoms with Gasteiger partial charge in [0, 0.05) is 5.41 Å². The van der Waals surface area contributed by atoms with Gasteiger partial charge in [0.2, 0.25) is 0 Å². The van der Waals surface area contributed by atoms with Crippen LogP contribution in [0.4, 0.5) is 0 Å². The van der Waals surface area contributed by atoms with E-state index in [9.17, 15) is 5.11 Å². The summed E-state index contributed by atoms with van der Waals surface area (Å²) < 4.78 is 0. The molecule has 82 heavy (non-hydrogen) atoms. The van der Waals surface area contributed by atoms with Crippen molar-refractivity contribution in [2.45, 2.75) is 277 Å². The van der Waals surface area contributed by atoms with Crippen molar-refractivity contribution in [3.8, 4) is 0 Å². The number of allylic oxidation sites excluding steroid dienone is 17. The van der Waals surface area contributed by atoms with E-state index < -0.39 is 0 Å². The van der Waals surface area contributed by atoms with Crippen LogP contribution in [0, 0.1) is 121 Å². The van der Waals surface area contributed by atoms with E-state index in [1.807, 2.05) is 5.57 Å². The molecule has 0 aromatic carbocycles. The SMILES string of the molecule is CC(C)CCC[C@@H](C)[C@H]1CC[C@H]2C3=C(C=C[C@]12C)[C@@]1(C)CC=CC=C1C=C3.CC(C)CCC[C@@H](C)[C@H]1CC[C@H]2C3=CC=C4C=CCC[C@]4(C)[C@H]3CC[C@]12C.CC(C)CCC[C@@H](C)[C@H]1CC[C@H]2[C@@H]3CC=C4CC(O)CC[C@]4(C)[C@H]3CC[C@]12C. The van der Waals surface area contributed by atoms with E-state index in [2.05, 4.69) is 177 Å². The average molecular weight is 1120 g/mol. The zero-order valence-electron chi connectivity index (χ0n) is 56.0. The molecule has 0 bridgehead atoms. The van der Waals surface area contributed by atoms with E-state index in [-0.39, 0.29) is 11.5 Å². The van der Waals surface area contributed by atoms with Crippen LogP contribution in [-0.2, 0) is 0 Å². The highest BCUT2D eigenvalue weighted by Gasteiger charge is 2.60. The first-order valence-electron chi connectivity index (χ1n) is 35.9. The Kier molecular flexibility index (Phi) is 19.1. The summed E-state index contributed by atoms with van der Waals surface area (Å²) in [6.45, 7) is 37.4. The summed E-state index contributed by atoms with van der Waals surface area (Å²) in [5.41, 5.74) is 12.3. The lowest BCUT2D eigenvalue weighted by Gasteiger charge is -2.58. The summed E-state index contributed by atoms with van der Waals surface area (Å²) in [5.74, 6) is 13.1. The smallest absolute Gasteiger partial charge is 0.0577 e. The van der Waals surface area contributed by atoms with Gasteiger partial charge in [-0.15, -0.1) is 0 Å². The molecular weight excluding hydrogens is 989 g/mol. The molecule has 1 N–H and O–H groups in total. The molecule has 0 spiro atoms. The summed E-state index contributed by atoms with van der Waals surface area (Å²) in [5, 5.41) is 10.2. The van der Waals surface area contributed by atoms with Crippen LogP contribution < -0.4 is 0 Å². The molecule has 1 unspecified atom stereocenters. The Hall–Kier alpha value is -2.38. The standard InChI is InChI=1S/C27H46O.C27H42.C27H38/c1-18(2)7-6-8-19(3)23-11-12-24-22-10-9-20-17-21(28)13-15-26(20,4)25(22)14-16-27(23,24)5;2*1-19(2)9-8-10-20(3)23-14-15-24-22-13-12-21-11-6-7-17-26(21,4)25(22)16-18-27(23,24)5/h9,18-19,21-25,28H,6-8,10-17H2,1-5H3;6,11-13,19-20,23-25H,7-10,14-18H2,1-5H3;6-7,11-13,16,18-20,23-24H,8-10,14-15,17H2,1-5H3/t19-,21?,22+,23-,24+,25+,26+,27-;20-,23-,24+,25+,26+,27-;20-,23-,24+,26+,27-/m111/s1. The minimum absolute atomic E-state index is 0.0766. The van der Waals surface area contributed by atoms with Gasteiger partial charge in [-0.1, -0.05) is 246 Å². The monoisotopic (exact) mass is 1110 g/mol. The van der Waals surface area contributed by atoms with Gasteiger partial charge in [0.25, 0.3) is 0 Å². The van der Waals surface area contributed by atoms with Crippen LogP contribution in [0.1, 0.15) is 271 Å². The number of fused-ring (bicyclic) bond motifs is 14. The van der Waals surface area contributed by atoms with Gasteiger partial charge >= 0.3 is 0 Å². The van der Waals surface area contributed by atoms with Crippen molar-refractivity contribution in [1.29, 1.82) is 0 Å². The van der Waals surface area contributed by atoms with Gasteiger partial charge in [-0.05, 0) is 247 Å². The van der Waals surface area contributed by atoms with Crippen LogP contribution in [0.25, 0.3) is 0 Å². The van der Waals surface area contributed by atoms with Crippen molar-refractivity contribution in [2.24, 2.45) is 121 Å². The molecule has 6 saturated carbocycles. The van der Waals surface area contributed by atoms with E-state index >= 15 is 0 Å². The maximum Gasteiger partial charge on any atom is 0.0577 e. The third-order valence-corrected chi connectivity index (χ3v) is 28.0. The first-order chi connectivity index (χ1) is 39.0. The lowest BCUT2D eigenvalue weighted by Crippen LogP contribution is -2.50. The van der Waals surface area contributed by atoms with Gasteiger partial charge in [0.15, 0.2) is 0 Å². The van der Waals surface area contributed by atoms with Gasteiger partial charge in [-0.25, -0.2) is 0 Å². The number of hydrogen-bond acceptors (Lipinski definition) is 1. The molecule has 12 aliphatic carbocycles. The van der Waals surface area contributed by atoms with Crippen molar-refractivity contribution in [3.05, 3.63) is 106 Å². The predicted octanol–water partition coefficient (Wildman–Crippen LogP) is 23.3. The zero-order valence-corrected chi connectivity index (χ0v) is 56.0. The molecule has 1 nitrogen and oxygen atoms in total. The molecule has 19 atom stereocenters. The highest BCUT2D eigenvalue weighted by atomic mass is 16.3. The largest absolute Gasteiger partial charge is 0.393 e. The second-order valence-electron chi connectivity index (χ2n) is 34.0. The lowest BCUT2D eigenvalue weighted by atomic mass is 9.47. The zero-order chi connectivity index (χ0) is 58.6. The van der Waals surface area contributed by atoms with Crippen LogP contribution in [0.5, 0.6) is 0 Å². The molecule has 0 radical (unpaired) electrons. The topological polar surface area (TPSA) is 20.2 Å². The predicted molar refractivity (Wildman–Crippen MR) is 354 cm³/mol. The number of aliphatic hydroxyl groups is 1. The van der Waals surface area contributed by atoms with E-state index in [1.54, 1.807) is 22.3 Å². The third-order valence-electron chi connectivity index (χ3n) is 28.0. The summed E-state index contributed by atoms with van der Waals surface area (Å²) >= 11 is 0. The van der Waals surface area contributed by atoms with Crippen LogP contribution in [0.3, 0.4) is 0 Å². The molecule has 0 amide bonds. The van der Waals surface area contributed by atoms with Gasteiger partial charge in [0.05, 0.1) is 6.10 Å². The van der Waals surface area contributed by atoms with Gasteiger partial charge < -0.3 is 5.11 Å². The fourth-order valence-electron chi connectivity index (χ4n) is 23.0. The van der Waals surface area contributed by atoms with Crippen molar-refractivity contribution in [1.82, 2.24) is 0 Å². The summed E-state index contributed by atoms with van der Waals surface area (Å²) in [6.07, 6.45) is 64.8. The van der Waals surface area contributed by atoms with Gasteiger partial charge in [-0.3, -0.25) is 0 Å². The minimum Gasteiger partial charge on any atom is -0.393 e. The Labute approximate surface area is 506 Å². The number of aliphatic hydroxyl groups excluding tert-OH is 1. The first kappa shape index (κ1) is 62.7. The van der Waals surface area contributed by atoms with Crippen molar-refractivity contribution < 1.29 is 5.11 Å². The molecule has 6 fully saturated rings. The maximum atomic E-state index is 10.2. The molecular formula is C81H126O. The highest BCUT2D eigenvalue weighted by Crippen LogP contribution is 2.69. The molecule has 0 saturated heterocycles. The third kappa shape index (κ3) is 11.7. The highest BCUT2D eigenvalue weighted by molar-refractivity contribution is 5.58. The second kappa shape index (κ2) is 25.0. The van der Waals surface area contributed by atoms with Crippen molar-refractivity contribution in [3.63, 3.8) is 0 Å². The van der Waals surface area contributed by atoms with Crippen LogP contribution in [0.2, 0.25) is 0 Å². The number of rotatable bonds is 15. The quantitative estimate of drug-likeness (QED) is 0.162. The van der Waals surface area contributed by atoms with E-state index in [0.717, 1.165) is 108 Å². The minimum atomic E-state index is -0.0766. The summed E-state index contributed by atoms with van der Waals surface area (Å²) in [7, 11) is 0. The van der Waals surface area contributed by atoms with E-state index in [0.29, 0.717) is 27.1 Å². The fourth-order valence-corrected chi connectivity index (χ4v) is 23.0. The van der Waals surface area contributed by atoms with Gasteiger partial charge in [-0.2, -0.15) is 0 Å². The second-order valence-corrected chi connectivity index (χ2v) is 34.0. The molecule has 0 aromatic heterocycles. The van der Waals surface area contributed by atoms with E-state index in [1.165, 1.54) is 153 Å². The molecule has 0 aromatic rings.